The zero-order chi connectivity index (χ0) is 48.7. The number of esters is 5. The summed E-state index contributed by atoms with van der Waals surface area (Å²) in [5, 5.41) is 0. The molecule has 0 saturated carbocycles. The predicted octanol–water partition coefficient (Wildman–Crippen LogP) is 8.09. The second kappa shape index (κ2) is 25.5. The Morgan fingerprint density at radius 1 is 0.594 bits per heavy atom. The minimum Gasteiger partial charge on any atom is -0.468 e. The van der Waals surface area contributed by atoms with Gasteiger partial charge in [0, 0.05) is 38.5 Å². The Morgan fingerprint density at radius 2 is 1.02 bits per heavy atom. The van der Waals surface area contributed by atoms with Crippen molar-refractivity contribution in [1.82, 2.24) is 0 Å². The van der Waals surface area contributed by atoms with Gasteiger partial charge in [0.1, 0.15) is 4.87 Å². The lowest BCUT2D eigenvalue weighted by molar-refractivity contribution is -0.333. The van der Waals surface area contributed by atoms with E-state index < -0.39 is 95.4 Å². The van der Waals surface area contributed by atoms with Crippen LogP contribution in [-0.4, -0.2) is 111 Å². The third-order valence-electron chi connectivity index (χ3n) is 12.7. The summed E-state index contributed by atoms with van der Waals surface area (Å²) in [4.78, 5) is 58.6. The van der Waals surface area contributed by atoms with Gasteiger partial charge >= 0.3 is 29.8 Å². The average molecular weight is 930 g/mol. The van der Waals surface area contributed by atoms with E-state index in [2.05, 4.69) is 55.8 Å². The van der Waals surface area contributed by atoms with E-state index in [1.54, 1.807) is 27.7 Å². The van der Waals surface area contributed by atoms with Crippen LogP contribution in [0.25, 0.3) is 0 Å². The molecule has 3 aliphatic rings. The number of hydrogen-bond donors (Lipinski definition) is 0. The van der Waals surface area contributed by atoms with Crippen molar-refractivity contribution in [2.45, 2.75) is 183 Å². The lowest BCUT2D eigenvalue weighted by Crippen LogP contribution is -2.58. The van der Waals surface area contributed by atoms with Gasteiger partial charge in [-0.15, -0.1) is 11.6 Å². The zero-order valence-corrected chi connectivity index (χ0v) is 41.8. The maximum absolute atomic E-state index is 12.8. The molecular weight excluding hydrogens is 852 g/mol. The van der Waals surface area contributed by atoms with Gasteiger partial charge in [-0.2, -0.15) is 0 Å². The van der Waals surface area contributed by atoms with E-state index in [0.717, 1.165) is 0 Å². The molecule has 0 bridgehead atoms. The third kappa shape index (κ3) is 16.5. The first-order valence-corrected chi connectivity index (χ1v) is 22.9. The van der Waals surface area contributed by atoms with E-state index in [-0.39, 0.29) is 31.0 Å². The predicted molar refractivity (Wildman–Crippen MR) is 239 cm³/mol. The molecule has 0 aromatic heterocycles. The van der Waals surface area contributed by atoms with Crippen molar-refractivity contribution in [3.63, 3.8) is 0 Å². The van der Waals surface area contributed by atoms with Gasteiger partial charge in [0.05, 0.1) is 44.6 Å². The van der Waals surface area contributed by atoms with Gasteiger partial charge in [-0.25, -0.2) is 0 Å². The number of halogens is 1. The molecule has 0 radical (unpaired) electrons. The maximum atomic E-state index is 12.8. The smallest absolute Gasteiger partial charge is 0.326 e. The van der Waals surface area contributed by atoms with Gasteiger partial charge in [0.15, 0.2) is 30.9 Å². The van der Waals surface area contributed by atoms with Crippen LogP contribution in [0.5, 0.6) is 0 Å². The molecule has 0 N–H and O–H groups in total. The molecule has 64 heavy (non-hydrogen) atoms. The number of methoxy groups -OCH3 is 1. The fourth-order valence-corrected chi connectivity index (χ4v) is 6.86. The van der Waals surface area contributed by atoms with Gasteiger partial charge < -0.3 is 47.4 Å². The molecule has 1 aromatic carbocycles. The van der Waals surface area contributed by atoms with Crippen molar-refractivity contribution in [2.24, 2.45) is 29.1 Å². The SMILES string of the molecule is CCC(C)(C)C(=O)OC1OCC(OC2OCC(OC3OCC(C)C(C)C3OC(C)=O)C(C)C2OC(C)=O)C(C)C1OC(C)=O.CCC(C)(C)c1ccccc1.CCC(C)(Cl)C(=O)OC. The first-order valence-electron chi connectivity index (χ1n) is 22.5. The molecule has 13 unspecified atom stereocenters. The summed E-state index contributed by atoms with van der Waals surface area (Å²) < 4.78 is 57.3. The Morgan fingerprint density at radius 3 is 1.41 bits per heavy atom. The number of hydrogen-bond acceptors (Lipinski definition) is 15. The molecule has 4 rings (SSSR count). The van der Waals surface area contributed by atoms with Crippen molar-refractivity contribution in [2.75, 3.05) is 26.9 Å². The summed E-state index contributed by atoms with van der Waals surface area (Å²) in [6, 6.07) is 10.7. The highest BCUT2D eigenvalue weighted by atomic mass is 35.5. The van der Waals surface area contributed by atoms with E-state index in [1.165, 1.54) is 39.9 Å². The van der Waals surface area contributed by atoms with Gasteiger partial charge in [-0.1, -0.05) is 92.6 Å². The van der Waals surface area contributed by atoms with Gasteiger partial charge in [-0.3, -0.25) is 24.0 Å². The number of carbonyl (C=O) groups excluding carboxylic acids is 5. The largest absolute Gasteiger partial charge is 0.468 e. The summed E-state index contributed by atoms with van der Waals surface area (Å²) in [5.41, 5.74) is 1.02. The molecule has 16 heteroatoms. The first kappa shape index (κ1) is 56.8. The molecule has 3 aliphatic heterocycles. The van der Waals surface area contributed by atoms with E-state index in [0.29, 0.717) is 24.9 Å². The van der Waals surface area contributed by atoms with Crippen molar-refractivity contribution < 1.29 is 71.3 Å². The van der Waals surface area contributed by atoms with Crippen molar-refractivity contribution in [3.05, 3.63) is 35.9 Å². The third-order valence-corrected chi connectivity index (χ3v) is 13.1. The zero-order valence-electron chi connectivity index (χ0n) is 41.1. The van der Waals surface area contributed by atoms with Crippen LogP contribution in [0, 0.1) is 29.1 Å². The lowest BCUT2D eigenvalue weighted by Gasteiger charge is -2.46. The molecule has 0 amide bonds. The lowest BCUT2D eigenvalue weighted by atomic mass is 9.82. The van der Waals surface area contributed by atoms with E-state index >= 15 is 0 Å². The van der Waals surface area contributed by atoms with Crippen LogP contribution in [0.4, 0.5) is 0 Å². The van der Waals surface area contributed by atoms with E-state index in [4.69, 9.17) is 54.2 Å². The summed E-state index contributed by atoms with van der Waals surface area (Å²) in [6.45, 7) is 27.7. The fourth-order valence-electron chi connectivity index (χ4n) is 6.79. The van der Waals surface area contributed by atoms with Crippen LogP contribution in [0.3, 0.4) is 0 Å². The normalized spacial score (nSPS) is 30.3. The molecule has 15 nitrogen and oxygen atoms in total. The van der Waals surface area contributed by atoms with Crippen molar-refractivity contribution in [1.29, 1.82) is 0 Å². The van der Waals surface area contributed by atoms with Gasteiger partial charge in [0.2, 0.25) is 6.29 Å². The monoisotopic (exact) mass is 928 g/mol. The van der Waals surface area contributed by atoms with Crippen molar-refractivity contribution in [3.8, 4) is 0 Å². The van der Waals surface area contributed by atoms with Gasteiger partial charge in [0.25, 0.3) is 0 Å². The summed E-state index contributed by atoms with van der Waals surface area (Å²) in [6.07, 6.45) is -4.32. The quantitative estimate of drug-likeness (QED) is 0.0993. The standard InChI is InChI=1S/C31H50O13.C11H16.C6H11ClO2/c1-11-31(9,10)30(35)44-29-26(41-21(8)34)18(5)23(14-38-29)43-28-25(40-20(7)33)17(4)22(13-37-28)42-27-24(39-19(6)32)16(3)15(2)12-36-27;1-4-11(2,3)10-8-6-5-7-9-10;1-4-6(2,7)5(8)9-3/h15-18,22-29H,11-14H2,1-10H3;5-9H,4H2,1-3H3;4H2,1-3H3. The number of carbonyl (C=O) groups is 5. The summed E-state index contributed by atoms with van der Waals surface area (Å²) >= 11 is 5.70. The van der Waals surface area contributed by atoms with Crippen LogP contribution < -0.4 is 0 Å². The van der Waals surface area contributed by atoms with Crippen LogP contribution >= 0.6 is 11.6 Å². The second-order valence-electron chi connectivity index (χ2n) is 18.5. The summed E-state index contributed by atoms with van der Waals surface area (Å²) in [7, 11) is 1.33. The Balaban J connectivity index is 0.000000575. The van der Waals surface area contributed by atoms with Crippen LogP contribution in [0.2, 0.25) is 0 Å². The highest BCUT2D eigenvalue weighted by Gasteiger charge is 2.50. The molecule has 0 aliphatic carbocycles. The average Bonchev–Trinajstić information content (AvgIpc) is 3.24. The Bertz CT molecular complexity index is 1630. The number of rotatable bonds is 14. The van der Waals surface area contributed by atoms with E-state index in [9.17, 15) is 24.0 Å². The van der Waals surface area contributed by atoms with Crippen molar-refractivity contribution >= 4 is 41.4 Å². The summed E-state index contributed by atoms with van der Waals surface area (Å²) in [5.74, 6) is -3.13. The minimum absolute atomic E-state index is 0.000441. The minimum atomic E-state index is -1.12. The number of ether oxygens (including phenoxy) is 10. The molecule has 3 heterocycles. The van der Waals surface area contributed by atoms with Crippen LogP contribution in [0.15, 0.2) is 30.3 Å². The molecule has 1 aromatic rings. The molecular formula is C48H77ClO15. The maximum Gasteiger partial charge on any atom is 0.326 e. The van der Waals surface area contributed by atoms with E-state index in [1.807, 2.05) is 34.6 Å². The molecule has 366 valence electrons. The Hall–Kier alpha value is -3.34. The molecule has 3 fully saturated rings. The fraction of sp³-hybridized carbons (Fsp3) is 0.771. The molecule has 3 saturated heterocycles. The highest BCUT2D eigenvalue weighted by Crippen LogP contribution is 2.36. The Labute approximate surface area is 386 Å². The Kier molecular flexibility index (Phi) is 22.7. The highest BCUT2D eigenvalue weighted by molar-refractivity contribution is 6.33. The topological polar surface area (TPSA) is 178 Å². The molecule has 13 atom stereocenters. The van der Waals surface area contributed by atoms with Crippen LogP contribution in [0.1, 0.15) is 129 Å². The number of alkyl halides is 1. The van der Waals surface area contributed by atoms with Crippen LogP contribution in [-0.2, 0) is 76.8 Å². The molecule has 0 spiro atoms. The van der Waals surface area contributed by atoms with Gasteiger partial charge in [-0.05, 0) is 56.9 Å². The second-order valence-corrected chi connectivity index (χ2v) is 19.4. The number of benzene rings is 1. The first-order chi connectivity index (χ1) is 29.8.